The first-order chi connectivity index (χ1) is 14.4. The summed E-state index contributed by atoms with van der Waals surface area (Å²) >= 11 is 0. The van der Waals surface area contributed by atoms with Gasteiger partial charge in [0.05, 0.1) is 6.10 Å². The molecule has 0 saturated carbocycles. The molecule has 0 amide bonds. The summed E-state index contributed by atoms with van der Waals surface area (Å²) in [6, 6.07) is 3.53. The molecule has 0 aliphatic carbocycles. The highest BCUT2D eigenvalue weighted by Gasteiger charge is 2.33. The van der Waals surface area contributed by atoms with Crippen LogP contribution in [0.1, 0.15) is 66.0 Å². The number of rotatable bonds is 5. The summed E-state index contributed by atoms with van der Waals surface area (Å²) in [5.74, 6) is -2.50. The maximum Gasteiger partial charge on any atom is 0.209 e. The number of nitrogens with zero attached hydrogens (tertiary/aromatic N) is 3. The summed E-state index contributed by atoms with van der Waals surface area (Å²) in [6.45, 7) is 9.07. The van der Waals surface area contributed by atoms with Crippen molar-refractivity contribution in [1.29, 1.82) is 0 Å². The largest absolute Gasteiger partial charge is 0.382 e. The van der Waals surface area contributed by atoms with Gasteiger partial charge in [0.25, 0.3) is 0 Å². The molecule has 5 N–H and O–H groups in total. The Morgan fingerprint density at radius 1 is 1.26 bits per heavy atom. The highest BCUT2D eigenvalue weighted by molar-refractivity contribution is 5.65. The number of anilines is 1. The topological polar surface area (TPSA) is 145 Å². The zero-order valence-electron chi connectivity index (χ0n) is 19.4. The third-order valence-electron chi connectivity index (χ3n) is 4.19. The second-order valence-electron chi connectivity index (χ2n) is 7.99. The first kappa shape index (κ1) is 27.2. The SMILES string of the molecule is CC(C)(O)O.CCC(O)(OC(C)C)c1ccc2c(N)ncnn12.COC1CCCCO1. The predicted molar refractivity (Wildman–Crippen MR) is 117 cm³/mol. The first-order valence-corrected chi connectivity index (χ1v) is 10.5. The molecule has 0 aromatic carbocycles. The Balaban J connectivity index is 0.000000304. The minimum absolute atomic E-state index is 0.0868. The number of methoxy groups -OCH3 is 1. The number of nitrogen functional groups attached to an aromatic ring is 1. The van der Waals surface area contributed by atoms with Gasteiger partial charge in [0.1, 0.15) is 17.5 Å². The molecule has 178 valence electrons. The van der Waals surface area contributed by atoms with Gasteiger partial charge in [0.15, 0.2) is 17.9 Å². The molecule has 1 aliphatic rings. The van der Waals surface area contributed by atoms with Gasteiger partial charge in [-0.25, -0.2) is 9.50 Å². The minimum atomic E-state index is -1.50. The summed E-state index contributed by atoms with van der Waals surface area (Å²) in [6.07, 6.45) is 5.27. The molecule has 10 nitrogen and oxygen atoms in total. The van der Waals surface area contributed by atoms with Gasteiger partial charge in [0, 0.05) is 20.1 Å². The van der Waals surface area contributed by atoms with Gasteiger partial charge < -0.3 is 35.3 Å². The second-order valence-corrected chi connectivity index (χ2v) is 7.99. The fourth-order valence-electron chi connectivity index (χ4n) is 2.86. The minimum Gasteiger partial charge on any atom is -0.382 e. The van der Waals surface area contributed by atoms with Gasteiger partial charge >= 0.3 is 0 Å². The number of hydrogen-bond donors (Lipinski definition) is 4. The van der Waals surface area contributed by atoms with Crippen LogP contribution in [0.3, 0.4) is 0 Å². The smallest absolute Gasteiger partial charge is 0.209 e. The highest BCUT2D eigenvalue weighted by atomic mass is 16.7. The molecule has 3 rings (SSSR count). The summed E-state index contributed by atoms with van der Waals surface area (Å²) in [5, 5.41) is 30.9. The van der Waals surface area contributed by atoms with Gasteiger partial charge in [-0.1, -0.05) is 6.92 Å². The summed E-state index contributed by atoms with van der Waals surface area (Å²) in [7, 11) is 1.69. The average Bonchev–Trinajstić information content (AvgIpc) is 3.13. The number of hydrogen-bond acceptors (Lipinski definition) is 9. The van der Waals surface area contributed by atoms with Crippen LogP contribution in [0.25, 0.3) is 5.52 Å². The molecule has 0 spiro atoms. The summed E-state index contributed by atoms with van der Waals surface area (Å²) < 4.78 is 17.4. The van der Waals surface area contributed by atoms with Crippen LogP contribution in [0.2, 0.25) is 0 Å². The van der Waals surface area contributed by atoms with E-state index in [9.17, 15) is 5.11 Å². The van der Waals surface area contributed by atoms with Gasteiger partial charge in [0.2, 0.25) is 5.79 Å². The Labute approximate surface area is 184 Å². The number of nitrogens with two attached hydrogens (primary N) is 1. The van der Waals surface area contributed by atoms with Crippen LogP contribution in [0.5, 0.6) is 0 Å². The first-order valence-electron chi connectivity index (χ1n) is 10.5. The molecular formula is C21H38N4O6. The quantitative estimate of drug-likeness (QED) is 0.512. The van der Waals surface area contributed by atoms with E-state index in [1.807, 2.05) is 20.8 Å². The van der Waals surface area contributed by atoms with Crippen molar-refractivity contribution in [3.8, 4) is 0 Å². The zero-order valence-corrected chi connectivity index (χ0v) is 19.4. The van der Waals surface area contributed by atoms with E-state index in [1.165, 1.54) is 33.0 Å². The average molecular weight is 443 g/mol. The lowest BCUT2D eigenvalue weighted by Crippen LogP contribution is -2.33. The molecule has 2 unspecified atom stereocenters. The van der Waals surface area contributed by atoms with E-state index in [1.54, 1.807) is 23.8 Å². The maximum atomic E-state index is 10.6. The molecule has 2 aromatic heterocycles. The normalized spacial score (nSPS) is 18.6. The van der Waals surface area contributed by atoms with Gasteiger partial charge in [-0.05, 0) is 59.1 Å². The van der Waals surface area contributed by atoms with Crippen LogP contribution in [0.15, 0.2) is 18.5 Å². The number of aliphatic hydroxyl groups is 3. The number of aromatic nitrogens is 3. The third-order valence-corrected chi connectivity index (χ3v) is 4.19. The molecule has 31 heavy (non-hydrogen) atoms. The third kappa shape index (κ3) is 9.46. The van der Waals surface area contributed by atoms with E-state index < -0.39 is 11.6 Å². The van der Waals surface area contributed by atoms with Gasteiger partial charge in [-0.15, -0.1) is 0 Å². The fourth-order valence-corrected chi connectivity index (χ4v) is 2.86. The Morgan fingerprint density at radius 2 is 1.90 bits per heavy atom. The van der Waals surface area contributed by atoms with Crippen molar-refractivity contribution >= 4 is 11.3 Å². The van der Waals surface area contributed by atoms with Crippen molar-refractivity contribution in [3.63, 3.8) is 0 Å². The van der Waals surface area contributed by atoms with E-state index in [0.717, 1.165) is 13.0 Å². The molecule has 3 heterocycles. The fraction of sp³-hybridized carbons (Fsp3) is 0.714. The lowest BCUT2D eigenvalue weighted by atomic mass is 10.1. The van der Waals surface area contributed by atoms with Crippen LogP contribution in [0, 0.1) is 0 Å². The maximum absolute atomic E-state index is 10.6. The van der Waals surface area contributed by atoms with E-state index in [4.69, 9.17) is 30.2 Å². The second kappa shape index (κ2) is 12.3. The van der Waals surface area contributed by atoms with E-state index in [-0.39, 0.29) is 12.4 Å². The molecule has 1 saturated heterocycles. The number of fused-ring (bicyclic) bond motifs is 1. The molecular weight excluding hydrogens is 404 g/mol. The Bertz CT molecular complexity index is 765. The van der Waals surface area contributed by atoms with Crippen LogP contribution >= 0.6 is 0 Å². The standard InChI is InChI=1S/C12H18N4O2.C6H12O2.C3H8O2/c1-4-12(17,18-8(2)3)10-6-5-9-11(13)14-7-15-16(9)10;1-7-6-4-2-3-5-8-6;1-3(2,4)5/h5-8,17H,4H2,1-3H3,(H2,13,14,15);6H,2-5H2,1H3;4-5H,1-2H3. The van der Waals surface area contributed by atoms with E-state index >= 15 is 0 Å². The molecule has 0 bridgehead atoms. The Morgan fingerprint density at radius 3 is 2.35 bits per heavy atom. The Hall–Kier alpha value is -1.82. The van der Waals surface area contributed by atoms with Crippen LogP contribution in [-0.2, 0) is 20.0 Å². The summed E-state index contributed by atoms with van der Waals surface area (Å²) in [5.41, 5.74) is 6.98. The van der Waals surface area contributed by atoms with Crippen LogP contribution in [0.4, 0.5) is 5.82 Å². The van der Waals surface area contributed by atoms with Crippen molar-refractivity contribution in [1.82, 2.24) is 14.6 Å². The Kier molecular flexibility index (Phi) is 10.8. The van der Waals surface area contributed by atoms with Crippen LogP contribution in [-0.4, -0.2) is 61.8 Å². The van der Waals surface area contributed by atoms with Crippen molar-refractivity contribution in [2.45, 2.75) is 84.3 Å². The highest BCUT2D eigenvalue weighted by Crippen LogP contribution is 2.29. The van der Waals surface area contributed by atoms with Crippen molar-refractivity contribution in [3.05, 3.63) is 24.2 Å². The van der Waals surface area contributed by atoms with E-state index in [0.29, 0.717) is 23.4 Å². The molecule has 1 fully saturated rings. The lowest BCUT2D eigenvalue weighted by Gasteiger charge is -2.28. The van der Waals surface area contributed by atoms with Crippen LogP contribution < -0.4 is 5.73 Å². The molecule has 2 aromatic rings. The zero-order chi connectivity index (χ0) is 23.7. The molecule has 2 atom stereocenters. The van der Waals surface area contributed by atoms with Crippen molar-refractivity contribution < 1.29 is 29.5 Å². The molecule has 0 radical (unpaired) electrons. The lowest BCUT2D eigenvalue weighted by molar-refractivity contribution is -0.237. The monoisotopic (exact) mass is 442 g/mol. The summed E-state index contributed by atoms with van der Waals surface area (Å²) in [4.78, 5) is 3.91. The predicted octanol–water partition coefficient (Wildman–Crippen LogP) is 2.16. The van der Waals surface area contributed by atoms with Gasteiger partial charge in [-0.2, -0.15) is 5.10 Å². The van der Waals surface area contributed by atoms with Gasteiger partial charge in [-0.3, -0.25) is 0 Å². The van der Waals surface area contributed by atoms with E-state index in [2.05, 4.69) is 10.1 Å². The van der Waals surface area contributed by atoms with Crippen molar-refractivity contribution in [2.75, 3.05) is 19.5 Å². The number of ether oxygens (including phenoxy) is 3. The molecule has 10 heteroatoms. The van der Waals surface area contributed by atoms with Crippen molar-refractivity contribution in [2.24, 2.45) is 0 Å². The molecule has 1 aliphatic heterocycles.